The zero-order valence-electron chi connectivity index (χ0n) is 26.6. The Morgan fingerprint density at radius 1 is 0.522 bits per heavy atom. The third-order valence-electron chi connectivity index (χ3n) is 7.73. The first-order chi connectivity index (χ1) is 22.3. The van der Waals surface area contributed by atoms with Gasteiger partial charge in [0.2, 0.25) is 0 Å². The fourth-order valence-electron chi connectivity index (χ4n) is 5.25. The minimum absolute atomic E-state index is 0.0272. The molecule has 4 aromatic rings. The van der Waals surface area contributed by atoms with E-state index in [0.717, 1.165) is 33.4 Å². The average Bonchev–Trinajstić information content (AvgIpc) is 3.09. The molecular formula is C38H38O8. The monoisotopic (exact) mass is 622 g/mol. The summed E-state index contributed by atoms with van der Waals surface area (Å²) in [5.74, 6) is 0.515. The van der Waals surface area contributed by atoms with Gasteiger partial charge in [-0.3, -0.25) is 19.2 Å². The van der Waals surface area contributed by atoms with E-state index in [4.69, 9.17) is 18.9 Å². The second kappa shape index (κ2) is 16.2. The van der Waals surface area contributed by atoms with E-state index in [0.29, 0.717) is 48.3 Å². The van der Waals surface area contributed by atoms with Crippen LogP contribution in [0.4, 0.5) is 0 Å². The predicted molar refractivity (Wildman–Crippen MR) is 175 cm³/mol. The molecule has 4 aromatic carbocycles. The molecule has 0 saturated heterocycles. The van der Waals surface area contributed by atoms with Crippen LogP contribution in [0.3, 0.4) is 0 Å². The van der Waals surface area contributed by atoms with E-state index < -0.39 is 0 Å². The molecule has 0 aliphatic carbocycles. The van der Waals surface area contributed by atoms with Crippen molar-refractivity contribution in [3.05, 3.63) is 107 Å². The molecule has 0 amide bonds. The number of rotatable bonds is 15. The highest BCUT2D eigenvalue weighted by atomic mass is 16.5. The van der Waals surface area contributed by atoms with Crippen molar-refractivity contribution in [2.45, 2.75) is 38.5 Å². The quantitative estimate of drug-likeness (QED) is 0.0786. The number of hydrogen-bond donors (Lipinski definition) is 0. The molecule has 8 heteroatoms. The van der Waals surface area contributed by atoms with Crippen LogP contribution in [0.1, 0.15) is 57.5 Å². The Hall–Kier alpha value is -5.24. The molecule has 0 aliphatic rings. The number of hydrogen-bond acceptors (Lipinski definition) is 8. The third kappa shape index (κ3) is 8.69. The van der Waals surface area contributed by atoms with Crippen LogP contribution in [0.2, 0.25) is 0 Å². The Kier molecular flexibility index (Phi) is 11.8. The first kappa shape index (κ1) is 33.6. The lowest BCUT2D eigenvalue weighted by molar-refractivity contribution is -0.140. The minimum atomic E-state index is -0.332. The number of esters is 2. The van der Waals surface area contributed by atoms with Gasteiger partial charge in [0, 0.05) is 35.1 Å². The Morgan fingerprint density at radius 2 is 0.935 bits per heavy atom. The molecule has 0 aromatic heterocycles. The molecule has 0 N–H and O–H groups in total. The summed E-state index contributed by atoms with van der Waals surface area (Å²) in [6.45, 7) is 0. The largest absolute Gasteiger partial charge is 0.496 e. The van der Waals surface area contributed by atoms with Gasteiger partial charge in [0.25, 0.3) is 0 Å². The maximum atomic E-state index is 13.1. The number of ether oxygens (including phenoxy) is 4. The van der Waals surface area contributed by atoms with Gasteiger partial charge in [-0.25, -0.2) is 0 Å². The summed E-state index contributed by atoms with van der Waals surface area (Å²) in [7, 11) is 5.85. The maximum absolute atomic E-state index is 13.1. The number of methoxy groups -OCH3 is 4. The van der Waals surface area contributed by atoms with Gasteiger partial charge in [-0.2, -0.15) is 0 Å². The molecule has 0 saturated carbocycles. The second-order valence-corrected chi connectivity index (χ2v) is 10.8. The van der Waals surface area contributed by atoms with Gasteiger partial charge in [0.15, 0.2) is 11.6 Å². The van der Waals surface area contributed by atoms with Crippen molar-refractivity contribution in [2.75, 3.05) is 28.4 Å². The summed E-state index contributed by atoms with van der Waals surface area (Å²) in [6.07, 6.45) is 1.99. The van der Waals surface area contributed by atoms with Crippen molar-refractivity contribution >= 4 is 23.5 Å². The smallest absolute Gasteiger partial charge is 0.309 e. The number of Topliss-reactive ketones (excluding diaryl/α,β-unsaturated/α-hetero) is 2. The summed E-state index contributed by atoms with van der Waals surface area (Å²) >= 11 is 0. The van der Waals surface area contributed by atoms with Crippen molar-refractivity contribution in [1.29, 1.82) is 0 Å². The Balaban J connectivity index is 1.40. The normalized spacial score (nSPS) is 10.6. The summed E-state index contributed by atoms with van der Waals surface area (Å²) in [5.41, 5.74) is 5.85. The van der Waals surface area contributed by atoms with E-state index >= 15 is 0 Å². The zero-order chi connectivity index (χ0) is 33.1. The molecule has 0 heterocycles. The van der Waals surface area contributed by atoms with Crippen LogP contribution in [-0.2, 0) is 31.9 Å². The van der Waals surface area contributed by atoms with Crippen molar-refractivity contribution < 1.29 is 38.1 Å². The molecule has 0 aliphatic heterocycles. The number of carbonyl (C=O) groups is 4. The molecular weight excluding hydrogens is 584 g/mol. The van der Waals surface area contributed by atoms with Crippen molar-refractivity contribution in [1.82, 2.24) is 0 Å². The zero-order valence-corrected chi connectivity index (χ0v) is 26.6. The van der Waals surface area contributed by atoms with Gasteiger partial charge in [0.1, 0.15) is 11.5 Å². The average molecular weight is 623 g/mol. The topological polar surface area (TPSA) is 105 Å². The fraction of sp³-hybridized carbons (Fsp3) is 0.263. The van der Waals surface area contributed by atoms with E-state index in [1.807, 2.05) is 60.7 Å². The Morgan fingerprint density at radius 3 is 1.30 bits per heavy atom. The van der Waals surface area contributed by atoms with Gasteiger partial charge < -0.3 is 18.9 Å². The molecule has 8 nitrogen and oxygen atoms in total. The highest BCUT2D eigenvalue weighted by Gasteiger charge is 2.16. The van der Waals surface area contributed by atoms with E-state index in [2.05, 4.69) is 0 Å². The lowest BCUT2D eigenvalue weighted by Gasteiger charge is -2.12. The molecule has 0 fully saturated rings. The SMILES string of the molecule is COC(=O)Cc1cccc(-c2cc(C(=O)CCCCC(=O)c3ccc(OC)c(-c4cccc(CC(=O)OC)c4)c3)ccc2OC)c1. The van der Waals surface area contributed by atoms with Crippen molar-refractivity contribution in [3.63, 3.8) is 0 Å². The lowest BCUT2D eigenvalue weighted by Crippen LogP contribution is -2.05. The van der Waals surface area contributed by atoms with Crippen LogP contribution in [0.5, 0.6) is 11.5 Å². The van der Waals surface area contributed by atoms with Crippen LogP contribution in [0, 0.1) is 0 Å². The second-order valence-electron chi connectivity index (χ2n) is 10.8. The van der Waals surface area contributed by atoms with Crippen LogP contribution < -0.4 is 9.47 Å². The van der Waals surface area contributed by atoms with E-state index in [9.17, 15) is 19.2 Å². The molecule has 0 unspecified atom stereocenters. The Labute approximate surface area is 269 Å². The van der Waals surface area contributed by atoms with Gasteiger partial charge in [-0.1, -0.05) is 48.5 Å². The summed E-state index contributed by atoms with van der Waals surface area (Å²) in [5, 5.41) is 0. The number of benzene rings is 4. The molecule has 4 rings (SSSR count). The lowest BCUT2D eigenvalue weighted by atomic mass is 9.95. The molecule has 46 heavy (non-hydrogen) atoms. The van der Waals surface area contributed by atoms with Crippen molar-refractivity contribution in [3.8, 4) is 33.8 Å². The van der Waals surface area contributed by atoms with Crippen LogP contribution in [-0.4, -0.2) is 51.9 Å². The molecule has 238 valence electrons. The highest BCUT2D eigenvalue weighted by Crippen LogP contribution is 2.33. The standard InChI is InChI=1S/C38H38O8/c1-43-35-17-15-29(23-31(35)27-11-7-9-25(19-27)21-37(41)45-3)33(39)13-5-6-14-34(40)30-16-18-36(44-2)32(24-30)28-12-8-10-26(20-28)22-38(42)46-4/h7-12,15-20,23-24H,5-6,13-14,21-22H2,1-4H3. The van der Waals surface area contributed by atoms with Crippen molar-refractivity contribution in [2.24, 2.45) is 0 Å². The number of ketones is 2. The van der Waals surface area contributed by atoms with Crippen LogP contribution in [0.15, 0.2) is 84.9 Å². The number of carbonyl (C=O) groups excluding carboxylic acids is 4. The van der Waals surface area contributed by atoms with E-state index in [1.54, 1.807) is 38.5 Å². The first-order valence-electron chi connectivity index (χ1n) is 15.0. The fourth-order valence-corrected chi connectivity index (χ4v) is 5.25. The van der Waals surface area contributed by atoms with E-state index in [1.165, 1.54) is 14.2 Å². The van der Waals surface area contributed by atoms with Gasteiger partial charge >= 0.3 is 11.9 Å². The van der Waals surface area contributed by atoms with Crippen LogP contribution in [0.25, 0.3) is 22.3 Å². The third-order valence-corrected chi connectivity index (χ3v) is 7.73. The van der Waals surface area contributed by atoms with Crippen LogP contribution >= 0.6 is 0 Å². The van der Waals surface area contributed by atoms with E-state index in [-0.39, 0.29) is 36.3 Å². The highest BCUT2D eigenvalue weighted by molar-refractivity contribution is 5.99. The molecule has 0 atom stereocenters. The summed E-state index contributed by atoms with van der Waals surface area (Å²) in [4.78, 5) is 49.8. The first-order valence-corrected chi connectivity index (χ1v) is 15.0. The predicted octanol–water partition coefficient (Wildman–Crippen LogP) is 7.09. The van der Waals surface area contributed by atoms with Gasteiger partial charge in [-0.15, -0.1) is 0 Å². The van der Waals surface area contributed by atoms with Gasteiger partial charge in [0.05, 0.1) is 41.3 Å². The summed E-state index contributed by atoms with van der Waals surface area (Å²) in [6, 6.07) is 25.6. The minimum Gasteiger partial charge on any atom is -0.496 e. The molecule has 0 bridgehead atoms. The Bertz CT molecular complexity index is 1590. The maximum Gasteiger partial charge on any atom is 0.309 e. The molecule has 0 spiro atoms. The molecule has 0 radical (unpaired) electrons. The van der Waals surface area contributed by atoms with Gasteiger partial charge in [-0.05, 0) is 71.5 Å². The summed E-state index contributed by atoms with van der Waals surface area (Å²) < 4.78 is 20.7. The number of unbranched alkanes of at least 4 members (excludes halogenated alkanes) is 1.